The van der Waals surface area contributed by atoms with E-state index in [0.717, 1.165) is 19.2 Å². The van der Waals surface area contributed by atoms with Crippen LogP contribution in [-0.4, -0.2) is 65.0 Å². The number of halogens is 1. The summed E-state index contributed by atoms with van der Waals surface area (Å²) in [6.45, 7) is 6.35. The molecule has 0 saturated carbocycles. The first-order chi connectivity index (χ1) is 15.3. The smallest absolute Gasteiger partial charge is 0.295 e. The molecule has 7 nitrogen and oxygen atoms in total. The second-order valence-corrected chi connectivity index (χ2v) is 7.46. The lowest BCUT2D eigenvalue weighted by molar-refractivity contribution is -0.140. The molecule has 1 aliphatic rings. The van der Waals surface area contributed by atoms with Crippen LogP contribution in [-0.2, 0) is 9.59 Å². The molecule has 3 rings (SSSR count). The number of amides is 1. The quantitative estimate of drug-likeness (QED) is 0.370. The van der Waals surface area contributed by atoms with Crippen molar-refractivity contribution < 1.29 is 28.9 Å². The topological polar surface area (TPSA) is 90.3 Å². The van der Waals surface area contributed by atoms with Crippen LogP contribution in [0, 0.1) is 5.82 Å². The molecule has 2 N–H and O–H groups in total. The number of aliphatic hydroxyl groups excluding tert-OH is 1. The van der Waals surface area contributed by atoms with Crippen molar-refractivity contribution in [3.8, 4) is 11.5 Å². The molecular formula is C24H27FN2O5. The van der Waals surface area contributed by atoms with Crippen LogP contribution in [0.5, 0.6) is 11.5 Å². The van der Waals surface area contributed by atoms with Crippen LogP contribution >= 0.6 is 0 Å². The second kappa shape index (κ2) is 9.82. The molecule has 170 valence electrons. The van der Waals surface area contributed by atoms with E-state index in [2.05, 4.69) is 4.90 Å². The van der Waals surface area contributed by atoms with Crippen molar-refractivity contribution in [2.24, 2.45) is 0 Å². The molecular weight excluding hydrogens is 415 g/mol. The van der Waals surface area contributed by atoms with Crippen molar-refractivity contribution in [2.45, 2.75) is 19.9 Å². The van der Waals surface area contributed by atoms with Gasteiger partial charge in [0.2, 0.25) is 0 Å². The van der Waals surface area contributed by atoms with Crippen molar-refractivity contribution in [3.05, 3.63) is 65.0 Å². The van der Waals surface area contributed by atoms with Crippen molar-refractivity contribution in [1.29, 1.82) is 0 Å². The first-order valence-electron chi connectivity index (χ1n) is 10.5. The van der Waals surface area contributed by atoms with Gasteiger partial charge in [-0.05, 0) is 49.0 Å². The summed E-state index contributed by atoms with van der Waals surface area (Å²) in [6.07, 6.45) is 0. The number of carbonyl (C=O) groups excluding carboxylic acids is 2. The monoisotopic (exact) mass is 442 g/mol. The van der Waals surface area contributed by atoms with E-state index in [0.29, 0.717) is 12.1 Å². The molecule has 0 bridgehead atoms. The van der Waals surface area contributed by atoms with Gasteiger partial charge in [0, 0.05) is 18.7 Å². The SMILES string of the molecule is CCN(CC)CCN1C(=O)C(=O)C(=C(O)c2ccc(OC)c(F)c2)C1c1cccc(O)c1. The number of aromatic hydroxyl groups is 1. The fraction of sp³-hybridized carbons (Fsp3) is 0.333. The molecule has 2 aromatic carbocycles. The van der Waals surface area contributed by atoms with Gasteiger partial charge in [-0.2, -0.15) is 0 Å². The number of ketones is 1. The number of ether oxygens (including phenoxy) is 1. The van der Waals surface area contributed by atoms with E-state index in [1.807, 2.05) is 13.8 Å². The average Bonchev–Trinajstić information content (AvgIpc) is 3.04. The second-order valence-electron chi connectivity index (χ2n) is 7.46. The third-order valence-electron chi connectivity index (χ3n) is 5.70. The zero-order valence-electron chi connectivity index (χ0n) is 18.3. The predicted octanol–water partition coefficient (Wildman–Crippen LogP) is 3.30. The largest absolute Gasteiger partial charge is 0.508 e. The summed E-state index contributed by atoms with van der Waals surface area (Å²) < 4.78 is 19.2. The Bertz CT molecular complexity index is 1050. The molecule has 8 heteroatoms. The maximum absolute atomic E-state index is 14.2. The third kappa shape index (κ3) is 4.45. The highest BCUT2D eigenvalue weighted by atomic mass is 19.1. The van der Waals surface area contributed by atoms with Gasteiger partial charge < -0.3 is 24.7 Å². The molecule has 1 aliphatic heterocycles. The van der Waals surface area contributed by atoms with Crippen LogP contribution in [0.2, 0.25) is 0 Å². The average molecular weight is 442 g/mol. The zero-order valence-corrected chi connectivity index (χ0v) is 18.3. The number of methoxy groups -OCH3 is 1. The maximum Gasteiger partial charge on any atom is 0.295 e. The van der Waals surface area contributed by atoms with Crippen LogP contribution < -0.4 is 4.74 Å². The van der Waals surface area contributed by atoms with Gasteiger partial charge in [-0.25, -0.2) is 4.39 Å². The molecule has 1 amide bonds. The molecule has 1 saturated heterocycles. The summed E-state index contributed by atoms with van der Waals surface area (Å²) >= 11 is 0. The Morgan fingerprint density at radius 3 is 2.47 bits per heavy atom. The summed E-state index contributed by atoms with van der Waals surface area (Å²) in [4.78, 5) is 29.4. The van der Waals surface area contributed by atoms with Crippen molar-refractivity contribution >= 4 is 17.4 Å². The highest BCUT2D eigenvalue weighted by Gasteiger charge is 2.46. The molecule has 0 radical (unpaired) electrons. The standard InChI is InChI=1S/C24H27FN2O5/c1-4-26(5-2)11-12-27-21(15-7-6-8-17(28)13-15)20(23(30)24(27)31)22(29)16-9-10-19(32-3)18(25)14-16/h6-10,13-14,21,28-29H,4-5,11-12H2,1-3H3. The van der Waals surface area contributed by atoms with Gasteiger partial charge >= 0.3 is 0 Å². The number of nitrogens with zero attached hydrogens (tertiary/aromatic N) is 2. The van der Waals surface area contributed by atoms with Gasteiger partial charge in [0.15, 0.2) is 11.6 Å². The Hall–Kier alpha value is -3.39. The third-order valence-corrected chi connectivity index (χ3v) is 5.70. The molecule has 2 aromatic rings. The molecule has 0 aromatic heterocycles. The van der Waals surface area contributed by atoms with Gasteiger partial charge in [-0.1, -0.05) is 26.0 Å². The van der Waals surface area contributed by atoms with Crippen molar-refractivity contribution in [1.82, 2.24) is 9.80 Å². The number of phenolic OH excluding ortho intramolecular Hbond substituents is 1. The van der Waals surface area contributed by atoms with E-state index < -0.39 is 29.3 Å². The van der Waals surface area contributed by atoms with Crippen molar-refractivity contribution in [2.75, 3.05) is 33.3 Å². The number of benzene rings is 2. The van der Waals surface area contributed by atoms with E-state index >= 15 is 0 Å². The number of likely N-dealkylation sites (N-methyl/N-ethyl adjacent to an activating group) is 1. The van der Waals surface area contributed by atoms with Gasteiger partial charge in [0.1, 0.15) is 11.5 Å². The summed E-state index contributed by atoms with van der Waals surface area (Å²) in [6, 6.07) is 9.09. The van der Waals surface area contributed by atoms with E-state index in [-0.39, 0.29) is 29.2 Å². The first kappa shape index (κ1) is 23.3. The molecule has 0 aliphatic carbocycles. The Morgan fingerprint density at radius 1 is 1.16 bits per heavy atom. The molecule has 0 spiro atoms. The van der Waals surface area contributed by atoms with Crippen LogP contribution in [0.1, 0.15) is 31.0 Å². The highest BCUT2D eigenvalue weighted by molar-refractivity contribution is 6.46. The van der Waals surface area contributed by atoms with Gasteiger partial charge in [-0.3, -0.25) is 9.59 Å². The first-order valence-corrected chi connectivity index (χ1v) is 10.5. The van der Waals surface area contributed by atoms with E-state index in [1.54, 1.807) is 12.1 Å². The Morgan fingerprint density at radius 2 is 1.88 bits per heavy atom. The van der Waals surface area contributed by atoms with E-state index in [4.69, 9.17) is 4.74 Å². The highest BCUT2D eigenvalue weighted by Crippen LogP contribution is 2.40. The van der Waals surface area contributed by atoms with Crippen molar-refractivity contribution in [3.63, 3.8) is 0 Å². The number of aliphatic hydroxyl groups is 1. The predicted molar refractivity (Wildman–Crippen MR) is 118 cm³/mol. The number of phenols is 1. The Balaban J connectivity index is 2.12. The Kier molecular flexibility index (Phi) is 7.15. The number of rotatable bonds is 8. The van der Waals surface area contributed by atoms with E-state index in [9.17, 15) is 24.2 Å². The molecule has 1 atom stereocenters. The lowest BCUT2D eigenvalue weighted by Crippen LogP contribution is -2.38. The Labute approximate surface area is 186 Å². The van der Waals surface area contributed by atoms with E-state index in [1.165, 1.54) is 36.3 Å². The normalized spacial score (nSPS) is 17.9. The number of likely N-dealkylation sites (tertiary alicyclic amines) is 1. The zero-order chi connectivity index (χ0) is 23.4. The van der Waals surface area contributed by atoms with Crippen LogP contribution in [0.15, 0.2) is 48.0 Å². The lowest BCUT2D eigenvalue weighted by Gasteiger charge is -2.28. The lowest BCUT2D eigenvalue weighted by atomic mass is 9.95. The molecule has 1 unspecified atom stereocenters. The summed E-state index contributed by atoms with van der Waals surface area (Å²) in [5.74, 6) is -2.84. The minimum Gasteiger partial charge on any atom is -0.508 e. The van der Waals surface area contributed by atoms with Gasteiger partial charge in [0.05, 0.1) is 18.7 Å². The van der Waals surface area contributed by atoms with Gasteiger partial charge in [0.25, 0.3) is 11.7 Å². The number of Topliss-reactive ketones (excluding diaryl/α,β-unsaturated/α-hetero) is 1. The van der Waals surface area contributed by atoms with Crippen LogP contribution in [0.4, 0.5) is 4.39 Å². The molecule has 32 heavy (non-hydrogen) atoms. The molecule has 1 fully saturated rings. The van der Waals surface area contributed by atoms with Crippen LogP contribution in [0.25, 0.3) is 5.76 Å². The fourth-order valence-corrected chi connectivity index (χ4v) is 3.91. The van der Waals surface area contributed by atoms with Gasteiger partial charge in [-0.15, -0.1) is 0 Å². The molecule has 1 heterocycles. The minimum absolute atomic E-state index is 0.00856. The summed E-state index contributed by atoms with van der Waals surface area (Å²) in [5, 5.41) is 21.0. The minimum atomic E-state index is -0.914. The summed E-state index contributed by atoms with van der Waals surface area (Å²) in [7, 11) is 1.32. The maximum atomic E-state index is 14.2. The fourth-order valence-electron chi connectivity index (χ4n) is 3.91. The number of hydrogen-bond donors (Lipinski definition) is 2. The van der Waals surface area contributed by atoms with Crippen LogP contribution in [0.3, 0.4) is 0 Å². The summed E-state index contributed by atoms with van der Waals surface area (Å²) in [5.41, 5.74) is 0.374. The number of carbonyl (C=O) groups is 2. The number of hydrogen-bond acceptors (Lipinski definition) is 6.